The summed E-state index contributed by atoms with van der Waals surface area (Å²) in [5.41, 5.74) is 1.08. The van der Waals surface area contributed by atoms with Gasteiger partial charge in [-0.3, -0.25) is 0 Å². The molecular weight excluding hydrogens is 246 g/mol. The molecule has 2 saturated carbocycles. The smallest absolute Gasteiger partial charge is 0.208 e. The van der Waals surface area contributed by atoms with Crippen LogP contribution in [-0.2, 0) is 10.0 Å². The Morgan fingerprint density at radius 1 is 1.11 bits per heavy atom. The lowest BCUT2D eigenvalue weighted by molar-refractivity contribution is 0.390. The van der Waals surface area contributed by atoms with Crippen LogP contribution in [-0.4, -0.2) is 14.5 Å². The van der Waals surface area contributed by atoms with Gasteiger partial charge in [0.1, 0.15) is 0 Å². The lowest BCUT2D eigenvalue weighted by atomic mass is 9.96. The standard InChI is InChI=1S/C14H19NO2S/c1-10-2-6-13(7-3-10)18(16,17)15-14-9-11-4-5-12(14)8-11/h2-3,6-7,11-12,14-15H,4-5,8-9H2,1H3/t11-,12+,14?/m0/s1. The Kier molecular flexibility index (Phi) is 2.94. The van der Waals surface area contributed by atoms with Crippen LogP contribution in [0.3, 0.4) is 0 Å². The summed E-state index contributed by atoms with van der Waals surface area (Å²) >= 11 is 0. The SMILES string of the molecule is Cc1ccc(S(=O)(=O)NC2C[C@H]3CC[C@@H]2C3)cc1. The Morgan fingerprint density at radius 3 is 2.39 bits per heavy atom. The normalized spacial score (nSPS) is 30.8. The van der Waals surface area contributed by atoms with E-state index in [1.165, 1.54) is 19.3 Å². The third-order valence-electron chi connectivity index (χ3n) is 4.38. The molecule has 0 aromatic heterocycles. The molecule has 18 heavy (non-hydrogen) atoms. The second-order valence-electron chi connectivity index (χ2n) is 5.72. The summed E-state index contributed by atoms with van der Waals surface area (Å²) in [6, 6.07) is 7.22. The van der Waals surface area contributed by atoms with Crippen LogP contribution in [0, 0.1) is 18.8 Å². The van der Waals surface area contributed by atoms with Gasteiger partial charge in [-0.1, -0.05) is 24.1 Å². The predicted octanol–water partition coefficient (Wildman–Crippen LogP) is 2.46. The van der Waals surface area contributed by atoms with Gasteiger partial charge < -0.3 is 0 Å². The first-order valence-electron chi connectivity index (χ1n) is 6.63. The Morgan fingerprint density at radius 2 is 1.83 bits per heavy atom. The van der Waals surface area contributed by atoms with Crippen LogP contribution in [0.5, 0.6) is 0 Å². The van der Waals surface area contributed by atoms with Gasteiger partial charge in [-0.25, -0.2) is 13.1 Å². The van der Waals surface area contributed by atoms with Crippen molar-refractivity contribution in [1.29, 1.82) is 0 Å². The quantitative estimate of drug-likeness (QED) is 0.912. The fourth-order valence-electron chi connectivity index (χ4n) is 3.37. The van der Waals surface area contributed by atoms with E-state index >= 15 is 0 Å². The summed E-state index contributed by atoms with van der Waals surface area (Å²) in [5, 5.41) is 0. The molecule has 4 heteroatoms. The zero-order valence-electron chi connectivity index (χ0n) is 10.6. The van der Waals surface area contributed by atoms with Gasteiger partial charge in [-0.2, -0.15) is 0 Å². The Labute approximate surface area is 109 Å². The molecular formula is C14H19NO2S. The number of fused-ring (bicyclic) bond motifs is 2. The van der Waals surface area contributed by atoms with Gasteiger partial charge >= 0.3 is 0 Å². The minimum atomic E-state index is -3.33. The molecule has 2 bridgehead atoms. The van der Waals surface area contributed by atoms with E-state index in [0.717, 1.165) is 17.9 Å². The molecule has 0 spiro atoms. The van der Waals surface area contributed by atoms with Crippen LogP contribution < -0.4 is 4.72 Å². The highest BCUT2D eigenvalue weighted by molar-refractivity contribution is 7.89. The Balaban J connectivity index is 1.77. The zero-order valence-corrected chi connectivity index (χ0v) is 11.4. The topological polar surface area (TPSA) is 46.2 Å². The summed E-state index contributed by atoms with van der Waals surface area (Å²) in [6.45, 7) is 1.96. The van der Waals surface area contributed by atoms with Crippen LogP contribution in [0.2, 0.25) is 0 Å². The average molecular weight is 265 g/mol. The molecule has 98 valence electrons. The molecule has 1 unspecified atom stereocenters. The molecule has 2 fully saturated rings. The number of benzene rings is 1. The second kappa shape index (κ2) is 4.35. The van der Waals surface area contributed by atoms with Crippen LogP contribution in [0.4, 0.5) is 0 Å². The van der Waals surface area contributed by atoms with E-state index in [9.17, 15) is 8.42 Å². The van der Waals surface area contributed by atoms with Crippen molar-refractivity contribution < 1.29 is 8.42 Å². The molecule has 3 rings (SSSR count). The fourth-order valence-corrected chi connectivity index (χ4v) is 4.69. The van der Waals surface area contributed by atoms with Crippen molar-refractivity contribution in [3.05, 3.63) is 29.8 Å². The number of sulfonamides is 1. The Bertz CT molecular complexity index is 535. The zero-order chi connectivity index (χ0) is 12.8. The maximum Gasteiger partial charge on any atom is 0.240 e. The van der Waals surface area contributed by atoms with E-state index in [-0.39, 0.29) is 6.04 Å². The van der Waals surface area contributed by atoms with Crippen LogP contribution >= 0.6 is 0 Å². The van der Waals surface area contributed by atoms with E-state index in [0.29, 0.717) is 10.8 Å². The molecule has 1 aromatic carbocycles. The average Bonchev–Trinajstić information content (AvgIpc) is 2.91. The highest BCUT2D eigenvalue weighted by atomic mass is 32.2. The van der Waals surface area contributed by atoms with Gasteiger partial charge in [0.15, 0.2) is 0 Å². The second-order valence-corrected chi connectivity index (χ2v) is 7.43. The summed E-state index contributed by atoms with van der Waals surface area (Å²) in [4.78, 5) is 0.385. The molecule has 0 saturated heterocycles. The Hall–Kier alpha value is -0.870. The number of hydrogen-bond acceptors (Lipinski definition) is 2. The minimum Gasteiger partial charge on any atom is -0.208 e. The fraction of sp³-hybridized carbons (Fsp3) is 0.571. The molecule has 0 amide bonds. The molecule has 1 aromatic rings. The summed E-state index contributed by atoms with van der Waals surface area (Å²) in [5.74, 6) is 1.32. The largest absolute Gasteiger partial charge is 0.240 e. The predicted molar refractivity (Wildman–Crippen MR) is 70.7 cm³/mol. The highest BCUT2D eigenvalue weighted by Crippen LogP contribution is 2.44. The number of rotatable bonds is 3. The van der Waals surface area contributed by atoms with Crippen molar-refractivity contribution in [2.24, 2.45) is 11.8 Å². The van der Waals surface area contributed by atoms with Crippen molar-refractivity contribution in [2.45, 2.75) is 43.5 Å². The maximum atomic E-state index is 12.3. The number of nitrogens with one attached hydrogen (secondary N) is 1. The van der Waals surface area contributed by atoms with E-state index < -0.39 is 10.0 Å². The number of hydrogen-bond donors (Lipinski definition) is 1. The van der Waals surface area contributed by atoms with E-state index in [4.69, 9.17) is 0 Å². The van der Waals surface area contributed by atoms with Crippen LogP contribution in [0.1, 0.15) is 31.2 Å². The monoisotopic (exact) mass is 265 g/mol. The third kappa shape index (κ3) is 2.19. The summed E-state index contributed by atoms with van der Waals surface area (Å²) in [7, 11) is -3.33. The molecule has 2 aliphatic rings. The van der Waals surface area contributed by atoms with Gasteiger partial charge in [0.2, 0.25) is 10.0 Å². The molecule has 3 atom stereocenters. The van der Waals surface area contributed by atoms with Gasteiger partial charge in [-0.05, 0) is 50.2 Å². The molecule has 2 aliphatic carbocycles. The van der Waals surface area contributed by atoms with E-state index in [1.807, 2.05) is 19.1 Å². The van der Waals surface area contributed by atoms with Crippen LogP contribution in [0.25, 0.3) is 0 Å². The molecule has 3 nitrogen and oxygen atoms in total. The van der Waals surface area contributed by atoms with E-state index in [2.05, 4.69) is 4.72 Å². The van der Waals surface area contributed by atoms with Crippen molar-refractivity contribution in [2.75, 3.05) is 0 Å². The van der Waals surface area contributed by atoms with Gasteiger partial charge in [0, 0.05) is 6.04 Å². The molecule has 0 heterocycles. The van der Waals surface area contributed by atoms with Crippen molar-refractivity contribution in [1.82, 2.24) is 4.72 Å². The first-order valence-corrected chi connectivity index (χ1v) is 8.12. The summed E-state index contributed by atoms with van der Waals surface area (Å²) in [6.07, 6.45) is 4.70. The summed E-state index contributed by atoms with van der Waals surface area (Å²) < 4.78 is 27.4. The van der Waals surface area contributed by atoms with Gasteiger partial charge in [0.25, 0.3) is 0 Å². The van der Waals surface area contributed by atoms with Crippen molar-refractivity contribution >= 4 is 10.0 Å². The number of aryl methyl sites for hydroxylation is 1. The third-order valence-corrected chi connectivity index (χ3v) is 5.88. The molecule has 0 radical (unpaired) electrons. The van der Waals surface area contributed by atoms with Crippen molar-refractivity contribution in [3.63, 3.8) is 0 Å². The molecule has 0 aliphatic heterocycles. The van der Waals surface area contributed by atoms with Gasteiger partial charge in [-0.15, -0.1) is 0 Å². The van der Waals surface area contributed by atoms with E-state index in [1.54, 1.807) is 12.1 Å². The highest BCUT2D eigenvalue weighted by Gasteiger charge is 2.41. The lowest BCUT2D eigenvalue weighted by Crippen LogP contribution is -2.38. The maximum absolute atomic E-state index is 12.3. The first kappa shape index (κ1) is 12.2. The first-order chi connectivity index (χ1) is 8.54. The van der Waals surface area contributed by atoms with Crippen molar-refractivity contribution in [3.8, 4) is 0 Å². The minimum absolute atomic E-state index is 0.162. The molecule has 1 N–H and O–H groups in total. The lowest BCUT2D eigenvalue weighted by Gasteiger charge is -2.22. The van der Waals surface area contributed by atoms with Gasteiger partial charge in [0.05, 0.1) is 4.90 Å². The van der Waals surface area contributed by atoms with Crippen LogP contribution in [0.15, 0.2) is 29.2 Å².